The fourth-order valence-electron chi connectivity index (χ4n) is 4.39. The maximum atomic E-state index is 12.8. The van der Waals surface area contributed by atoms with Crippen molar-refractivity contribution < 1.29 is 43.1 Å². The van der Waals surface area contributed by atoms with E-state index in [-0.39, 0.29) is 42.8 Å². The molecule has 3 aliphatic rings. The van der Waals surface area contributed by atoms with Gasteiger partial charge in [0, 0.05) is 31.6 Å². The summed E-state index contributed by atoms with van der Waals surface area (Å²) in [6.07, 6.45) is 2.15. The van der Waals surface area contributed by atoms with Crippen molar-refractivity contribution in [2.24, 2.45) is 11.8 Å². The lowest BCUT2D eigenvalue weighted by atomic mass is 9.82. The topological polar surface area (TPSA) is 137 Å². The Balaban J connectivity index is 1.32. The van der Waals surface area contributed by atoms with E-state index in [9.17, 15) is 28.8 Å². The van der Waals surface area contributed by atoms with E-state index < -0.39 is 35.1 Å². The molecule has 12 heteroatoms. The second kappa shape index (κ2) is 13.3. The lowest BCUT2D eigenvalue weighted by Crippen LogP contribution is -2.39. The molecule has 1 unspecified atom stereocenters. The Morgan fingerprint density at radius 1 is 0.972 bits per heavy atom. The van der Waals surface area contributed by atoms with E-state index >= 15 is 0 Å². The highest BCUT2D eigenvalue weighted by atomic mass is 32.2. The largest absolute Gasteiger partial charge is 0.378 e. The van der Waals surface area contributed by atoms with Crippen LogP contribution in [0.3, 0.4) is 0 Å². The van der Waals surface area contributed by atoms with Crippen LogP contribution in [0, 0.1) is 11.8 Å². The first-order valence-electron chi connectivity index (χ1n) is 12.4. The van der Waals surface area contributed by atoms with Crippen LogP contribution in [0.15, 0.2) is 0 Å². The molecule has 0 aromatic carbocycles. The molecule has 2 aliphatic heterocycles. The molecular formula is C24H34N2O9S. The lowest BCUT2D eigenvalue weighted by molar-refractivity contribution is -0.201. The minimum Gasteiger partial charge on any atom is -0.378 e. The molecule has 200 valence electrons. The van der Waals surface area contributed by atoms with Crippen LogP contribution in [0.4, 0.5) is 0 Å². The van der Waals surface area contributed by atoms with Crippen molar-refractivity contribution in [1.82, 2.24) is 9.96 Å². The van der Waals surface area contributed by atoms with Gasteiger partial charge in [0.2, 0.25) is 11.8 Å². The number of Topliss-reactive ketones (excluding diaryl/α,β-unsaturated/α-hetero) is 1. The van der Waals surface area contributed by atoms with E-state index in [4.69, 9.17) is 14.3 Å². The van der Waals surface area contributed by atoms with Crippen LogP contribution >= 0.6 is 11.8 Å². The molecule has 2 saturated heterocycles. The monoisotopic (exact) mass is 526 g/mol. The molecule has 1 aliphatic carbocycles. The number of ketones is 1. The van der Waals surface area contributed by atoms with E-state index in [1.807, 2.05) is 0 Å². The molecule has 36 heavy (non-hydrogen) atoms. The van der Waals surface area contributed by atoms with Gasteiger partial charge in [0.1, 0.15) is 6.10 Å². The Labute approximate surface area is 214 Å². The van der Waals surface area contributed by atoms with Gasteiger partial charge in [-0.05, 0) is 45.4 Å². The first-order valence-corrected chi connectivity index (χ1v) is 13.5. The SMILES string of the molecule is CC(=O)[C@H](C)OCCOCCSC1CC(=O)N(C[C@H]2CC[C@H](C(=O)ON3C(=O)CCC3=O)CC2)C1=O. The minimum absolute atomic E-state index is 0.0389. The smallest absolute Gasteiger partial charge is 0.336 e. The highest BCUT2D eigenvalue weighted by Gasteiger charge is 2.41. The Bertz CT molecular complexity index is 856. The third-order valence-electron chi connectivity index (χ3n) is 6.73. The molecule has 0 N–H and O–H groups in total. The van der Waals surface area contributed by atoms with Crippen molar-refractivity contribution in [3.05, 3.63) is 0 Å². The molecule has 0 aromatic rings. The fraction of sp³-hybridized carbons (Fsp3) is 0.750. The van der Waals surface area contributed by atoms with Crippen molar-refractivity contribution in [2.75, 3.05) is 32.1 Å². The van der Waals surface area contributed by atoms with Gasteiger partial charge in [-0.1, -0.05) is 0 Å². The molecule has 3 rings (SSSR count). The average Bonchev–Trinajstić information content (AvgIpc) is 3.31. The highest BCUT2D eigenvalue weighted by Crippen LogP contribution is 2.33. The van der Waals surface area contributed by atoms with Crippen LogP contribution in [0.1, 0.15) is 58.8 Å². The average molecular weight is 527 g/mol. The summed E-state index contributed by atoms with van der Waals surface area (Å²) in [5, 5.41) is 0.152. The first kappa shape index (κ1) is 28.3. The standard InChI is InChI=1S/C24H34N2O9S/c1-15(27)16(2)34-10-9-33-11-12-36-19-13-22(30)25(23(19)31)14-17-3-5-18(6-4-17)24(32)35-26-20(28)7-8-21(26)29/h16-19H,3-14H2,1-2H3/t16-,17-,18-,19?/m0/s1. The third kappa shape index (κ3) is 7.59. The second-order valence-electron chi connectivity index (χ2n) is 9.35. The molecule has 0 radical (unpaired) electrons. The molecule has 0 aromatic heterocycles. The fourth-order valence-corrected chi connectivity index (χ4v) is 5.42. The molecule has 0 bridgehead atoms. The number of thioether (sulfide) groups is 1. The predicted octanol–water partition coefficient (Wildman–Crippen LogP) is 1.27. The Kier molecular flexibility index (Phi) is 10.4. The number of hydrogen-bond donors (Lipinski definition) is 0. The molecule has 2 heterocycles. The molecule has 11 nitrogen and oxygen atoms in total. The van der Waals surface area contributed by atoms with Crippen molar-refractivity contribution in [2.45, 2.75) is 70.1 Å². The number of hydrogen-bond acceptors (Lipinski definition) is 10. The number of amides is 4. The number of rotatable bonds is 13. The number of carbonyl (C=O) groups excluding carboxylic acids is 6. The number of hydroxylamine groups is 2. The van der Waals surface area contributed by atoms with E-state index in [1.165, 1.54) is 23.6 Å². The van der Waals surface area contributed by atoms with Crippen LogP contribution in [0.5, 0.6) is 0 Å². The zero-order valence-corrected chi connectivity index (χ0v) is 21.6. The summed E-state index contributed by atoms with van der Waals surface area (Å²) in [7, 11) is 0. The Morgan fingerprint density at radius 2 is 1.64 bits per heavy atom. The summed E-state index contributed by atoms with van der Waals surface area (Å²) in [5.41, 5.74) is 0. The van der Waals surface area contributed by atoms with Gasteiger partial charge < -0.3 is 14.3 Å². The van der Waals surface area contributed by atoms with Gasteiger partial charge in [0.05, 0.1) is 31.0 Å². The number of ether oxygens (including phenoxy) is 2. The number of nitrogens with zero attached hydrogens (tertiary/aromatic N) is 2. The molecule has 1 saturated carbocycles. The maximum Gasteiger partial charge on any atom is 0.336 e. The molecule has 4 amide bonds. The normalized spacial score (nSPS) is 25.6. The van der Waals surface area contributed by atoms with Gasteiger partial charge >= 0.3 is 5.97 Å². The number of imide groups is 2. The zero-order valence-electron chi connectivity index (χ0n) is 20.8. The molecule has 2 atom stereocenters. The quantitative estimate of drug-likeness (QED) is 0.255. The maximum absolute atomic E-state index is 12.8. The van der Waals surface area contributed by atoms with Crippen LogP contribution in [-0.2, 0) is 43.1 Å². The minimum atomic E-state index is -0.580. The van der Waals surface area contributed by atoms with Crippen LogP contribution in [-0.4, -0.2) is 88.8 Å². The summed E-state index contributed by atoms with van der Waals surface area (Å²) in [5.74, 6) is -1.73. The number of carbonyl (C=O) groups is 6. The summed E-state index contributed by atoms with van der Waals surface area (Å²) in [4.78, 5) is 78.3. The van der Waals surface area contributed by atoms with Gasteiger partial charge in [-0.3, -0.25) is 28.9 Å². The van der Waals surface area contributed by atoms with Crippen molar-refractivity contribution in [1.29, 1.82) is 0 Å². The van der Waals surface area contributed by atoms with E-state index in [0.717, 1.165) is 0 Å². The summed E-state index contributed by atoms with van der Waals surface area (Å²) in [6.45, 7) is 4.57. The van der Waals surface area contributed by atoms with Crippen LogP contribution in [0.25, 0.3) is 0 Å². The van der Waals surface area contributed by atoms with Gasteiger partial charge in [-0.15, -0.1) is 16.8 Å². The highest BCUT2D eigenvalue weighted by molar-refractivity contribution is 8.00. The van der Waals surface area contributed by atoms with Gasteiger partial charge in [0.15, 0.2) is 5.78 Å². The summed E-state index contributed by atoms with van der Waals surface area (Å²) < 4.78 is 10.8. The third-order valence-corrected chi connectivity index (χ3v) is 7.90. The molecular weight excluding hydrogens is 492 g/mol. The number of likely N-dealkylation sites (tertiary alicyclic amines) is 1. The van der Waals surface area contributed by atoms with Gasteiger partial charge in [-0.2, -0.15) is 0 Å². The van der Waals surface area contributed by atoms with Gasteiger partial charge in [0.25, 0.3) is 11.8 Å². The molecule has 0 spiro atoms. The Hall–Kier alpha value is -2.31. The molecule has 3 fully saturated rings. The van der Waals surface area contributed by atoms with Crippen LogP contribution < -0.4 is 0 Å². The predicted molar refractivity (Wildman–Crippen MR) is 127 cm³/mol. The van der Waals surface area contributed by atoms with E-state index in [2.05, 4.69) is 0 Å². The Morgan fingerprint density at radius 3 is 2.28 bits per heavy atom. The summed E-state index contributed by atoms with van der Waals surface area (Å²) in [6, 6.07) is 0. The van der Waals surface area contributed by atoms with E-state index in [0.29, 0.717) is 62.9 Å². The second-order valence-corrected chi connectivity index (χ2v) is 10.7. The van der Waals surface area contributed by atoms with E-state index in [1.54, 1.807) is 6.92 Å². The van der Waals surface area contributed by atoms with Crippen molar-refractivity contribution in [3.8, 4) is 0 Å². The zero-order chi connectivity index (χ0) is 26.2. The first-order chi connectivity index (χ1) is 17.2. The van der Waals surface area contributed by atoms with Crippen LogP contribution in [0.2, 0.25) is 0 Å². The van der Waals surface area contributed by atoms with Gasteiger partial charge in [-0.25, -0.2) is 4.79 Å². The van der Waals surface area contributed by atoms with Crippen molar-refractivity contribution >= 4 is 47.1 Å². The summed E-state index contributed by atoms with van der Waals surface area (Å²) >= 11 is 1.40. The van der Waals surface area contributed by atoms with Crippen molar-refractivity contribution in [3.63, 3.8) is 0 Å². The lowest BCUT2D eigenvalue weighted by Gasteiger charge is -2.30.